The van der Waals surface area contributed by atoms with Crippen molar-refractivity contribution in [3.8, 4) is 0 Å². The van der Waals surface area contributed by atoms with Crippen molar-refractivity contribution in [1.29, 1.82) is 0 Å². The summed E-state index contributed by atoms with van der Waals surface area (Å²) < 4.78 is 0. The number of aryl methyl sites for hydroxylation is 1. The summed E-state index contributed by atoms with van der Waals surface area (Å²) in [4.78, 5) is 19.0. The largest absolute Gasteiger partial charge is 0.287 e. The molecular weight excluding hydrogens is 222 g/mol. The molecule has 3 nitrogen and oxygen atoms in total. The van der Waals surface area contributed by atoms with E-state index in [0.717, 1.165) is 23.6 Å². The van der Waals surface area contributed by atoms with Gasteiger partial charge in [-0.2, -0.15) is 0 Å². The minimum Gasteiger partial charge on any atom is -0.274 e. The van der Waals surface area contributed by atoms with Crippen LogP contribution < -0.4 is 0 Å². The first-order chi connectivity index (χ1) is 7.61. The second kappa shape index (κ2) is 4.55. The van der Waals surface area contributed by atoms with Crippen LogP contribution in [0.5, 0.6) is 0 Å². The Labute approximate surface area is 100.0 Å². The number of rotatable bonds is 2. The lowest BCUT2D eigenvalue weighted by molar-refractivity contribution is -0.0753. The topological polar surface area (TPSA) is 29.5 Å². The monoisotopic (exact) mass is 239 g/mol. The maximum absolute atomic E-state index is 11.9. The molecule has 1 aliphatic carbocycles. The molecule has 1 amide bonds. The number of amides is 1. The number of carbonyl (C=O) groups is 1. The molecule has 0 N–H and O–H groups in total. The second-order valence-corrected chi connectivity index (χ2v) is 5.53. The van der Waals surface area contributed by atoms with Crippen LogP contribution in [0.2, 0.25) is 0 Å². The van der Waals surface area contributed by atoms with Gasteiger partial charge in [0.05, 0.1) is 12.0 Å². The molecule has 0 spiro atoms. The van der Waals surface area contributed by atoms with Gasteiger partial charge in [0.15, 0.2) is 0 Å². The van der Waals surface area contributed by atoms with Crippen LogP contribution in [-0.2, 0) is 17.7 Å². The first-order valence-corrected chi connectivity index (χ1v) is 6.37. The lowest BCUT2D eigenvalue weighted by Crippen LogP contribution is -2.24. The molecule has 1 aliphatic rings. The van der Waals surface area contributed by atoms with E-state index >= 15 is 0 Å². The lowest BCUT2D eigenvalue weighted by Gasteiger charge is -2.16. The molecule has 4 heteroatoms. The van der Waals surface area contributed by atoms with Crippen molar-refractivity contribution in [1.82, 2.24) is 5.06 Å². The van der Waals surface area contributed by atoms with E-state index in [4.69, 9.17) is 4.84 Å². The molecule has 0 saturated carbocycles. The minimum absolute atomic E-state index is 0.0467. The van der Waals surface area contributed by atoms with Crippen LogP contribution in [0, 0.1) is 5.92 Å². The Balaban J connectivity index is 2.22. The van der Waals surface area contributed by atoms with Crippen molar-refractivity contribution in [3.63, 3.8) is 0 Å². The van der Waals surface area contributed by atoms with E-state index in [1.54, 1.807) is 18.4 Å². The van der Waals surface area contributed by atoms with Gasteiger partial charge >= 0.3 is 0 Å². The number of carbonyl (C=O) groups excluding carboxylic acids is 1. The van der Waals surface area contributed by atoms with Gasteiger partial charge in [-0.15, -0.1) is 11.3 Å². The molecule has 2 rings (SSSR count). The summed E-state index contributed by atoms with van der Waals surface area (Å²) in [6, 6.07) is 2.04. The highest BCUT2D eigenvalue weighted by Crippen LogP contribution is 2.32. The molecule has 0 aliphatic heterocycles. The zero-order chi connectivity index (χ0) is 11.7. The normalized spacial score (nSPS) is 19.3. The number of hydrogen-bond donors (Lipinski definition) is 0. The van der Waals surface area contributed by atoms with Crippen molar-refractivity contribution in [2.75, 3.05) is 14.2 Å². The van der Waals surface area contributed by atoms with Crippen molar-refractivity contribution in [3.05, 3.63) is 21.4 Å². The van der Waals surface area contributed by atoms with E-state index in [-0.39, 0.29) is 5.91 Å². The Kier molecular flexibility index (Phi) is 3.30. The summed E-state index contributed by atoms with van der Waals surface area (Å²) in [5, 5.41) is 1.28. The second-order valence-electron chi connectivity index (χ2n) is 4.39. The van der Waals surface area contributed by atoms with Gasteiger partial charge in [-0.05, 0) is 36.8 Å². The predicted octanol–water partition coefficient (Wildman–Crippen LogP) is 2.51. The summed E-state index contributed by atoms with van der Waals surface area (Å²) in [5.41, 5.74) is 1.36. The fraction of sp³-hybridized carbons (Fsp3) is 0.583. The van der Waals surface area contributed by atoms with Crippen LogP contribution in [0.4, 0.5) is 0 Å². The Morgan fingerprint density at radius 3 is 3.06 bits per heavy atom. The average Bonchev–Trinajstić information content (AvgIpc) is 2.69. The zero-order valence-electron chi connectivity index (χ0n) is 9.95. The molecule has 1 aromatic rings. The summed E-state index contributed by atoms with van der Waals surface area (Å²) in [6.07, 6.45) is 3.46. The zero-order valence-corrected chi connectivity index (χ0v) is 10.8. The van der Waals surface area contributed by atoms with Gasteiger partial charge in [0.1, 0.15) is 0 Å². The SMILES string of the molecule is CON(C)C(=O)c1cc2c(s1)CCC(C)C2. The van der Waals surface area contributed by atoms with Crippen LogP contribution in [0.15, 0.2) is 6.07 Å². The van der Waals surface area contributed by atoms with Gasteiger partial charge in [0.25, 0.3) is 5.91 Å². The fourth-order valence-corrected chi connectivity index (χ4v) is 3.23. The van der Waals surface area contributed by atoms with Crippen LogP contribution in [0.1, 0.15) is 33.5 Å². The lowest BCUT2D eigenvalue weighted by atomic mass is 9.90. The van der Waals surface area contributed by atoms with Crippen LogP contribution in [0.3, 0.4) is 0 Å². The standard InChI is InChI=1S/C12H17NO2S/c1-8-4-5-10-9(6-8)7-11(16-10)12(14)13(2)15-3/h7-8H,4-6H2,1-3H3. The van der Waals surface area contributed by atoms with Crippen LogP contribution in [0.25, 0.3) is 0 Å². The van der Waals surface area contributed by atoms with Crippen molar-refractivity contribution in [2.45, 2.75) is 26.2 Å². The van der Waals surface area contributed by atoms with E-state index < -0.39 is 0 Å². The fourth-order valence-electron chi connectivity index (χ4n) is 2.05. The molecule has 0 bridgehead atoms. The first-order valence-electron chi connectivity index (χ1n) is 5.55. The third-order valence-corrected chi connectivity index (χ3v) is 4.32. The molecule has 1 unspecified atom stereocenters. The number of hydroxylamine groups is 2. The van der Waals surface area contributed by atoms with E-state index in [1.807, 2.05) is 6.07 Å². The summed E-state index contributed by atoms with van der Waals surface area (Å²) >= 11 is 1.62. The molecule has 0 radical (unpaired) electrons. The summed E-state index contributed by atoms with van der Waals surface area (Å²) in [7, 11) is 3.15. The molecule has 1 heterocycles. The Morgan fingerprint density at radius 1 is 1.62 bits per heavy atom. The molecule has 1 atom stereocenters. The van der Waals surface area contributed by atoms with Gasteiger partial charge < -0.3 is 0 Å². The van der Waals surface area contributed by atoms with Crippen molar-refractivity contribution >= 4 is 17.2 Å². The highest BCUT2D eigenvalue weighted by Gasteiger charge is 2.22. The molecule has 0 fully saturated rings. The van der Waals surface area contributed by atoms with E-state index in [2.05, 4.69) is 6.92 Å². The van der Waals surface area contributed by atoms with E-state index in [9.17, 15) is 4.79 Å². The van der Waals surface area contributed by atoms with Gasteiger partial charge in [-0.1, -0.05) is 6.92 Å². The summed E-state index contributed by atoms with van der Waals surface area (Å²) in [5.74, 6) is 0.694. The Bertz CT molecular complexity index is 400. The number of nitrogens with zero attached hydrogens (tertiary/aromatic N) is 1. The van der Waals surface area contributed by atoms with Gasteiger partial charge in [0.2, 0.25) is 0 Å². The van der Waals surface area contributed by atoms with Gasteiger partial charge in [-0.3, -0.25) is 9.63 Å². The number of fused-ring (bicyclic) bond motifs is 1. The molecular formula is C12H17NO2S. The molecule has 16 heavy (non-hydrogen) atoms. The highest BCUT2D eigenvalue weighted by atomic mass is 32.1. The molecule has 1 aromatic heterocycles. The Hall–Kier alpha value is -0.870. The predicted molar refractivity (Wildman–Crippen MR) is 64.6 cm³/mol. The van der Waals surface area contributed by atoms with Crippen LogP contribution in [-0.4, -0.2) is 25.1 Å². The summed E-state index contributed by atoms with van der Waals surface area (Å²) in [6.45, 7) is 2.27. The van der Waals surface area contributed by atoms with Gasteiger partial charge in [0, 0.05) is 11.9 Å². The maximum Gasteiger partial charge on any atom is 0.287 e. The van der Waals surface area contributed by atoms with Crippen molar-refractivity contribution in [2.24, 2.45) is 5.92 Å². The van der Waals surface area contributed by atoms with E-state index in [1.165, 1.54) is 29.0 Å². The molecule has 0 aromatic carbocycles. The van der Waals surface area contributed by atoms with Gasteiger partial charge in [-0.25, -0.2) is 5.06 Å². The minimum atomic E-state index is -0.0467. The number of thiophene rings is 1. The third-order valence-electron chi connectivity index (χ3n) is 3.10. The molecule has 88 valence electrons. The van der Waals surface area contributed by atoms with E-state index in [0.29, 0.717) is 0 Å². The highest BCUT2D eigenvalue weighted by molar-refractivity contribution is 7.14. The third kappa shape index (κ3) is 2.13. The smallest absolute Gasteiger partial charge is 0.274 e. The first kappa shape index (κ1) is 11.6. The van der Waals surface area contributed by atoms with Crippen molar-refractivity contribution < 1.29 is 9.63 Å². The molecule has 0 saturated heterocycles. The maximum atomic E-state index is 11.9. The Morgan fingerprint density at radius 2 is 2.38 bits per heavy atom. The average molecular weight is 239 g/mol. The van der Waals surface area contributed by atoms with Crippen LogP contribution >= 0.6 is 11.3 Å². The number of hydrogen-bond acceptors (Lipinski definition) is 3. The quantitative estimate of drug-likeness (QED) is 0.742.